The van der Waals surface area contributed by atoms with E-state index in [1.807, 2.05) is 11.9 Å². The molecule has 0 amide bonds. The summed E-state index contributed by atoms with van der Waals surface area (Å²) in [6.45, 7) is 4.54. The van der Waals surface area contributed by atoms with E-state index in [0.29, 0.717) is 49.4 Å². The van der Waals surface area contributed by atoms with Gasteiger partial charge in [-0.25, -0.2) is 8.42 Å². The number of hydrogen-bond acceptors (Lipinski definition) is 4. The Bertz CT molecular complexity index is 1010. The van der Waals surface area contributed by atoms with Crippen molar-refractivity contribution in [2.24, 2.45) is 7.05 Å². The Morgan fingerprint density at radius 3 is 2.37 bits per heavy atom. The molecule has 1 saturated heterocycles. The second-order valence-corrected chi connectivity index (χ2v) is 9.75. The molecule has 0 unspecified atom stereocenters. The van der Waals surface area contributed by atoms with Crippen molar-refractivity contribution in [3.05, 3.63) is 46.8 Å². The fourth-order valence-corrected chi connectivity index (χ4v) is 5.91. The van der Waals surface area contributed by atoms with Gasteiger partial charge in [0.25, 0.3) is 0 Å². The van der Waals surface area contributed by atoms with Crippen molar-refractivity contribution >= 4 is 10.0 Å². The van der Waals surface area contributed by atoms with Gasteiger partial charge in [0.15, 0.2) is 0 Å². The highest BCUT2D eigenvalue weighted by Crippen LogP contribution is 2.30. The van der Waals surface area contributed by atoms with E-state index >= 15 is 0 Å². The van der Waals surface area contributed by atoms with Crippen LogP contribution in [-0.2, 0) is 29.8 Å². The molecule has 1 aliphatic heterocycles. The highest BCUT2D eigenvalue weighted by molar-refractivity contribution is 7.89. The van der Waals surface area contributed by atoms with Gasteiger partial charge in [0.2, 0.25) is 10.0 Å². The molecule has 0 N–H and O–H groups in total. The van der Waals surface area contributed by atoms with Gasteiger partial charge in [-0.2, -0.15) is 22.6 Å². The summed E-state index contributed by atoms with van der Waals surface area (Å²) in [5, 5.41) is 4.21. The monoisotopic (exact) mass is 444 g/mol. The number of alkyl halides is 3. The van der Waals surface area contributed by atoms with E-state index < -0.39 is 21.8 Å². The van der Waals surface area contributed by atoms with Crippen LogP contribution in [0.4, 0.5) is 13.2 Å². The second kappa shape index (κ2) is 8.32. The van der Waals surface area contributed by atoms with Gasteiger partial charge in [-0.3, -0.25) is 9.58 Å². The SMILES string of the molecule is Cc1nn(C)c(C)c1S(=O)(=O)N1CCC(N(C)Cc2cccc(C(F)(F)F)c2)CC1. The second-order valence-electron chi connectivity index (χ2n) is 7.87. The van der Waals surface area contributed by atoms with Gasteiger partial charge >= 0.3 is 6.18 Å². The molecule has 2 aromatic rings. The first-order valence-corrected chi connectivity index (χ1v) is 11.2. The number of sulfonamides is 1. The molecule has 0 atom stereocenters. The smallest absolute Gasteiger partial charge is 0.299 e. The third-order valence-corrected chi connectivity index (χ3v) is 7.93. The standard InChI is InChI=1S/C20H27F3N4O2S/c1-14-19(15(2)26(4)24-14)30(28,29)27-10-8-18(9-11-27)25(3)13-16-6-5-7-17(12-16)20(21,22)23/h5-7,12,18H,8-11,13H2,1-4H3. The van der Waals surface area contributed by atoms with Crippen LogP contribution < -0.4 is 0 Å². The normalized spacial score (nSPS) is 17.1. The quantitative estimate of drug-likeness (QED) is 0.710. The molecule has 166 valence electrons. The van der Waals surface area contributed by atoms with Crippen molar-refractivity contribution in [1.82, 2.24) is 19.0 Å². The zero-order valence-corrected chi connectivity index (χ0v) is 18.4. The maximum atomic E-state index is 13.1. The third-order valence-electron chi connectivity index (χ3n) is 5.77. The topological polar surface area (TPSA) is 58.4 Å². The van der Waals surface area contributed by atoms with Crippen LogP contribution in [0, 0.1) is 13.8 Å². The summed E-state index contributed by atoms with van der Waals surface area (Å²) >= 11 is 0. The molecule has 2 heterocycles. The Hall–Kier alpha value is -1.91. The van der Waals surface area contributed by atoms with Gasteiger partial charge < -0.3 is 0 Å². The first kappa shape index (κ1) is 22.8. The van der Waals surface area contributed by atoms with Gasteiger partial charge in [0.1, 0.15) is 4.90 Å². The van der Waals surface area contributed by atoms with E-state index in [9.17, 15) is 21.6 Å². The molecule has 0 spiro atoms. The summed E-state index contributed by atoms with van der Waals surface area (Å²) in [4.78, 5) is 2.26. The highest BCUT2D eigenvalue weighted by Gasteiger charge is 2.34. The summed E-state index contributed by atoms with van der Waals surface area (Å²) in [5.74, 6) is 0. The Labute approximate surface area is 175 Å². The molecule has 1 aromatic heterocycles. The van der Waals surface area contributed by atoms with Crippen LogP contribution in [0.3, 0.4) is 0 Å². The average Bonchev–Trinajstić information content (AvgIpc) is 2.93. The molecule has 1 aromatic carbocycles. The number of aromatic nitrogens is 2. The first-order chi connectivity index (χ1) is 13.9. The van der Waals surface area contributed by atoms with E-state index in [-0.39, 0.29) is 10.9 Å². The number of hydrogen-bond donors (Lipinski definition) is 0. The van der Waals surface area contributed by atoms with Crippen LogP contribution in [0.25, 0.3) is 0 Å². The van der Waals surface area contributed by atoms with E-state index in [0.717, 1.165) is 6.07 Å². The van der Waals surface area contributed by atoms with Crippen molar-refractivity contribution in [2.75, 3.05) is 20.1 Å². The number of halogens is 3. The van der Waals surface area contributed by atoms with Gasteiger partial charge in [0.05, 0.1) is 17.0 Å². The number of piperidine rings is 1. The molecule has 0 aliphatic carbocycles. The lowest BCUT2D eigenvalue weighted by atomic mass is 10.0. The van der Waals surface area contributed by atoms with Gasteiger partial charge in [-0.05, 0) is 45.4 Å². The molecule has 6 nitrogen and oxygen atoms in total. The summed E-state index contributed by atoms with van der Waals surface area (Å²) in [7, 11) is -0.0419. The fraction of sp³-hybridized carbons (Fsp3) is 0.550. The van der Waals surface area contributed by atoms with Gasteiger partial charge in [-0.15, -0.1) is 0 Å². The molecule has 1 fully saturated rings. The van der Waals surface area contributed by atoms with E-state index in [1.54, 1.807) is 31.6 Å². The van der Waals surface area contributed by atoms with Crippen molar-refractivity contribution in [2.45, 2.75) is 50.3 Å². The Balaban J connectivity index is 1.65. The fourth-order valence-electron chi connectivity index (χ4n) is 4.04. The van der Waals surface area contributed by atoms with Crippen molar-refractivity contribution in [1.29, 1.82) is 0 Å². The van der Waals surface area contributed by atoms with Crippen molar-refractivity contribution < 1.29 is 21.6 Å². The molecule has 0 saturated carbocycles. The Morgan fingerprint density at radius 1 is 1.20 bits per heavy atom. The minimum Gasteiger partial charge on any atom is -0.299 e. The number of aryl methyl sites for hydroxylation is 2. The van der Waals surface area contributed by atoms with Crippen LogP contribution in [0.1, 0.15) is 35.4 Å². The van der Waals surface area contributed by atoms with Crippen LogP contribution >= 0.6 is 0 Å². The lowest BCUT2D eigenvalue weighted by molar-refractivity contribution is -0.137. The molecule has 10 heteroatoms. The number of rotatable bonds is 5. The van der Waals surface area contributed by atoms with Crippen LogP contribution in [0.5, 0.6) is 0 Å². The maximum Gasteiger partial charge on any atom is 0.416 e. The Kier molecular flexibility index (Phi) is 6.31. The summed E-state index contributed by atoms with van der Waals surface area (Å²) in [6.07, 6.45) is -3.13. The van der Waals surface area contributed by atoms with Crippen molar-refractivity contribution in [3.63, 3.8) is 0 Å². The van der Waals surface area contributed by atoms with Gasteiger partial charge in [0, 0.05) is 32.7 Å². The third kappa shape index (κ3) is 4.55. The van der Waals surface area contributed by atoms with Crippen LogP contribution in [0.15, 0.2) is 29.2 Å². The minimum atomic E-state index is -4.36. The molecule has 0 bridgehead atoms. The number of nitrogens with zero attached hydrogens (tertiary/aromatic N) is 4. The molecule has 0 radical (unpaired) electrons. The summed E-state index contributed by atoms with van der Waals surface area (Å²) < 4.78 is 68.0. The van der Waals surface area contributed by atoms with Crippen molar-refractivity contribution in [3.8, 4) is 0 Å². The molecular formula is C20H27F3N4O2S. The first-order valence-electron chi connectivity index (χ1n) is 9.78. The molecule has 1 aliphatic rings. The number of benzene rings is 1. The zero-order chi connectivity index (χ0) is 22.3. The van der Waals surface area contributed by atoms with E-state index in [2.05, 4.69) is 5.10 Å². The maximum absolute atomic E-state index is 13.1. The minimum absolute atomic E-state index is 0.0992. The van der Waals surface area contributed by atoms with E-state index in [4.69, 9.17) is 0 Å². The molecule has 3 rings (SSSR count). The Morgan fingerprint density at radius 2 is 1.83 bits per heavy atom. The molecule has 30 heavy (non-hydrogen) atoms. The zero-order valence-electron chi connectivity index (χ0n) is 17.6. The average molecular weight is 445 g/mol. The highest BCUT2D eigenvalue weighted by atomic mass is 32.2. The molecular weight excluding hydrogens is 417 g/mol. The van der Waals surface area contributed by atoms with E-state index in [1.165, 1.54) is 16.4 Å². The van der Waals surface area contributed by atoms with Crippen LogP contribution in [0.2, 0.25) is 0 Å². The predicted octanol–water partition coefficient (Wildman–Crippen LogP) is 3.34. The van der Waals surface area contributed by atoms with Gasteiger partial charge in [-0.1, -0.05) is 18.2 Å². The predicted molar refractivity (Wildman–Crippen MR) is 107 cm³/mol. The lowest BCUT2D eigenvalue weighted by Gasteiger charge is -2.36. The lowest BCUT2D eigenvalue weighted by Crippen LogP contribution is -2.45. The summed E-state index contributed by atoms with van der Waals surface area (Å²) in [5.41, 5.74) is 1.02. The summed E-state index contributed by atoms with van der Waals surface area (Å²) in [6, 6.07) is 5.43. The van der Waals surface area contributed by atoms with Crippen LogP contribution in [-0.4, -0.2) is 53.6 Å². The largest absolute Gasteiger partial charge is 0.416 e.